The average Bonchev–Trinajstić information content (AvgIpc) is 2.64. The zero-order chi connectivity index (χ0) is 17.9. The number of aliphatic hydroxyl groups excluding tert-OH is 1. The van der Waals surface area contributed by atoms with Gasteiger partial charge in [-0.15, -0.1) is 0 Å². The number of hydrogen-bond donors (Lipinski definition) is 2. The van der Waals surface area contributed by atoms with Crippen LogP contribution in [0.2, 0.25) is 0 Å². The molecule has 0 unspecified atom stereocenters. The monoisotopic (exact) mass is 341 g/mol. The summed E-state index contributed by atoms with van der Waals surface area (Å²) in [7, 11) is 1.63. The number of β-amino-alcohol motifs (C(OH)–C–C–N with tert-alkyl or cyclic N) is 1. The van der Waals surface area contributed by atoms with Gasteiger partial charge >= 0.3 is 0 Å². The van der Waals surface area contributed by atoms with Gasteiger partial charge in [0.25, 0.3) is 0 Å². The quantitative estimate of drug-likeness (QED) is 0.878. The molecule has 0 amide bonds. The Morgan fingerprint density at radius 2 is 1.84 bits per heavy atom. The van der Waals surface area contributed by atoms with E-state index < -0.39 is 11.7 Å². The summed E-state index contributed by atoms with van der Waals surface area (Å²) >= 11 is 0. The van der Waals surface area contributed by atoms with Gasteiger partial charge in [0, 0.05) is 19.6 Å². The average molecular weight is 341 g/mol. The fraction of sp³-hybridized carbons (Fsp3) is 0.429. The predicted octanol–water partition coefficient (Wildman–Crippen LogP) is 3.02. The second-order valence-corrected chi connectivity index (χ2v) is 6.94. The van der Waals surface area contributed by atoms with Gasteiger partial charge in [-0.05, 0) is 48.6 Å². The van der Waals surface area contributed by atoms with Crippen molar-refractivity contribution >= 4 is 0 Å². The molecule has 1 aliphatic rings. The van der Waals surface area contributed by atoms with Crippen molar-refractivity contribution in [1.29, 1.82) is 0 Å². The van der Waals surface area contributed by atoms with E-state index in [9.17, 15) is 10.2 Å². The number of ether oxygens (including phenoxy) is 1. The maximum Gasteiger partial charge on any atom is 0.119 e. The summed E-state index contributed by atoms with van der Waals surface area (Å²) in [4.78, 5) is 2.22. The zero-order valence-electron chi connectivity index (χ0n) is 15.0. The topological polar surface area (TPSA) is 52.9 Å². The van der Waals surface area contributed by atoms with E-state index in [0.29, 0.717) is 19.4 Å². The molecule has 0 saturated carbocycles. The molecule has 2 N–H and O–H groups in total. The molecule has 3 rings (SSSR count). The van der Waals surface area contributed by atoms with Crippen molar-refractivity contribution in [2.45, 2.75) is 31.5 Å². The van der Waals surface area contributed by atoms with Crippen LogP contribution >= 0.6 is 0 Å². The summed E-state index contributed by atoms with van der Waals surface area (Å²) in [6, 6.07) is 15.6. The number of benzene rings is 2. The SMILES string of the molecule is COc1cccc([C@H](O)CN2CCC(O)(c3ccccc3C)CC2)c1. The van der Waals surface area contributed by atoms with Crippen molar-refractivity contribution in [3.8, 4) is 5.75 Å². The third-order valence-electron chi connectivity index (χ3n) is 5.24. The second-order valence-electron chi connectivity index (χ2n) is 6.94. The molecule has 0 spiro atoms. The van der Waals surface area contributed by atoms with Crippen molar-refractivity contribution in [3.05, 3.63) is 65.2 Å². The van der Waals surface area contributed by atoms with Crippen LogP contribution in [0, 0.1) is 6.92 Å². The molecule has 1 aliphatic heterocycles. The fourth-order valence-corrected chi connectivity index (χ4v) is 3.67. The third-order valence-corrected chi connectivity index (χ3v) is 5.24. The number of aliphatic hydroxyl groups is 2. The summed E-state index contributed by atoms with van der Waals surface area (Å²) in [5.74, 6) is 0.754. The van der Waals surface area contributed by atoms with Crippen LogP contribution < -0.4 is 4.74 Å². The van der Waals surface area contributed by atoms with Crippen molar-refractivity contribution in [2.75, 3.05) is 26.7 Å². The van der Waals surface area contributed by atoms with E-state index >= 15 is 0 Å². The van der Waals surface area contributed by atoms with Gasteiger partial charge in [-0.1, -0.05) is 36.4 Å². The summed E-state index contributed by atoms with van der Waals surface area (Å²) in [6.45, 7) is 4.15. The molecule has 0 aliphatic carbocycles. The third kappa shape index (κ3) is 4.03. The van der Waals surface area contributed by atoms with Gasteiger partial charge < -0.3 is 19.8 Å². The normalized spacial score (nSPS) is 18.7. The number of hydrogen-bond acceptors (Lipinski definition) is 4. The molecular formula is C21H27NO3. The van der Waals surface area contributed by atoms with E-state index in [1.165, 1.54) is 0 Å². The molecular weight excluding hydrogens is 314 g/mol. The Labute approximate surface area is 149 Å². The van der Waals surface area contributed by atoms with Gasteiger partial charge in [-0.25, -0.2) is 0 Å². The highest BCUT2D eigenvalue weighted by Gasteiger charge is 2.35. The van der Waals surface area contributed by atoms with Gasteiger partial charge in [0.15, 0.2) is 0 Å². The number of methoxy groups -OCH3 is 1. The zero-order valence-corrected chi connectivity index (χ0v) is 15.0. The van der Waals surface area contributed by atoms with E-state index in [0.717, 1.165) is 35.5 Å². The molecule has 1 fully saturated rings. The minimum atomic E-state index is -0.761. The van der Waals surface area contributed by atoms with Crippen molar-refractivity contribution in [1.82, 2.24) is 4.90 Å². The first-order valence-corrected chi connectivity index (χ1v) is 8.85. The first-order valence-electron chi connectivity index (χ1n) is 8.85. The fourth-order valence-electron chi connectivity index (χ4n) is 3.67. The van der Waals surface area contributed by atoms with Crippen LogP contribution in [0.3, 0.4) is 0 Å². The lowest BCUT2D eigenvalue weighted by Gasteiger charge is -2.39. The van der Waals surface area contributed by atoms with Gasteiger partial charge in [0.05, 0.1) is 18.8 Å². The van der Waals surface area contributed by atoms with Crippen LogP contribution in [-0.2, 0) is 5.60 Å². The minimum Gasteiger partial charge on any atom is -0.497 e. The Bertz CT molecular complexity index is 708. The molecule has 4 heteroatoms. The van der Waals surface area contributed by atoms with Crippen molar-refractivity contribution in [2.24, 2.45) is 0 Å². The number of piperidine rings is 1. The lowest BCUT2D eigenvalue weighted by Crippen LogP contribution is -2.44. The van der Waals surface area contributed by atoms with Gasteiger partial charge in [0.2, 0.25) is 0 Å². The predicted molar refractivity (Wildman–Crippen MR) is 98.7 cm³/mol. The van der Waals surface area contributed by atoms with E-state index in [1.807, 2.05) is 55.5 Å². The highest BCUT2D eigenvalue weighted by Crippen LogP contribution is 2.35. The Kier molecular flexibility index (Phi) is 5.42. The maximum absolute atomic E-state index is 11.1. The van der Waals surface area contributed by atoms with E-state index in [-0.39, 0.29) is 0 Å². The molecule has 0 aromatic heterocycles. The highest BCUT2D eigenvalue weighted by atomic mass is 16.5. The number of nitrogens with zero attached hydrogens (tertiary/aromatic N) is 1. The molecule has 25 heavy (non-hydrogen) atoms. The lowest BCUT2D eigenvalue weighted by molar-refractivity contribution is -0.0349. The highest BCUT2D eigenvalue weighted by molar-refractivity contribution is 5.32. The smallest absolute Gasteiger partial charge is 0.119 e. The number of aryl methyl sites for hydroxylation is 1. The molecule has 0 radical (unpaired) electrons. The molecule has 1 saturated heterocycles. The molecule has 1 atom stereocenters. The van der Waals surface area contributed by atoms with Crippen LogP contribution in [0.25, 0.3) is 0 Å². The summed E-state index contributed by atoms with van der Waals surface area (Å²) < 4.78 is 5.22. The van der Waals surface area contributed by atoms with Crippen LogP contribution in [-0.4, -0.2) is 41.9 Å². The summed E-state index contributed by atoms with van der Waals surface area (Å²) in [6.07, 6.45) is 0.811. The Balaban J connectivity index is 1.61. The first-order chi connectivity index (χ1) is 12.0. The maximum atomic E-state index is 11.1. The van der Waals surface area contributed by atoms with E-state index in [4.69, 9.17) is 4.74 Å². The van der Waals surface area contributed by atoms with Gasteiger partial charge in [0.1, 0.15) is 5.75 Å². The second kappa shape index (κ2) is 7.56. The van der Waals surface area contributed by atoms with Crippen molar-refractivity contribution in [3.63, 3.8) is 0 Å². The summed E-state index contributed by atoms with van der Waals surface area (Å²) in [5, 5.41) is 21.6. The van der Waals surface area contributed by atoms with E-state index in [1.54, 1.807) is 7.11 Å². The van der Waals surface area contributed by atoms with Crippen LogP contribution in [0.5, 0.6) is 5.75 Å². The minimum absolute atomic E-state index is 0.556. The molecule has 2 aromatic rings. The molecule has 1 heterocycles. The molecule has 134 valence electrons. The molecule has 2 aromatic carbocycles. The Morgan fingerprint density at radius 1 is 1.12 bits per heavy atom. The van der Waals surface area contributed by atoms with Crippen LogP contribution in [0.1, 0.15) is 35.6 Å². The van der Waals surface area contributed by atoms with E-state index in [2.05, 4.69) is 4.90 Å². The molecule has 0 bridgehead atoms. The Hall–Kier alpha value is -1.88. The largest absolute Gasteiger partial charge is 0.497 e. The standard InChI is InChI=1S/C21H27NO3/c1-16-6-3-4-9-19(16)21(24)10-12-22(13-11-21)15-20(23)17-7-5-8-18(14-17)25-2/h3-9,14,20,23-24H,10-13,15H2,1-2H3/t20-/m1/s1. The molecule has 4 nitrogen and oxygen atoms in total. The van der Waals surface area contributed by atoms with Gasteiger partial charge in [-0.3, -0.25) is 0 Å². The van der Waals surface area contributed by atoms with Crippen LogP contribution in [0.4, 0.5) is 0 Å². The lowest BCUT2D eigenvalue weighted by atomic mass is 9.82. The van der Waals surface area contributed by atoms with Crippen LogP contribution in [0.15, 0.2) is 48.5 Å². The number of rotatable bonds is 5. The van der Waals surface area contributed by atoms with Gasteiger partial charge in [-0.2, -0.15) is 0 Å². The van der Waals surface area contributed by atoms with Crippen molar-refractivity contribution < 1.29 is 14.9 Å². The number of likely N-dealkylation sites (tertiary alicyclic amines) is 1. The summed E-state index contributed by atoms with van der Waals surface area (Å²) in [5.41, 5.74) is 2.26. The first kappa shape index (κ1) is 17.9. The Morgan fingerprint density at radius 3 is 2.52 bits per heavy atom.